The number of ketones is 1. The van der Waals surface area contributed by atoms with Gasteiger partial charge in [-0.3, -0.25) is 4.79 Å². The lowest BCUT2D eigenvalue weighted by atomic mass is 9.98. The van der Waals surface area contributed by atoms with Gasteiger partial charge in [-0.05, 0) is 59.5 Å². The van der Waals surface area contributed by atoms with Crippen LogP contribution in [-0.2, 0) is 12.2 Å². The minimum atomic E-state index is -0.103. The van der Waals surface area contributed by atoms with Crippen molar-refractivity contribution >= 4 is 52.3 Å². The van der Waals surface area contributed by atoms with Crippen LogP contribution in [0.25, 0.3) is 0 Å². The van der Waals surface area contributed by atoms with Gasteiger partial charge in [-0.1, -0.05) is 83.8 Å². The van der Waals surface area contributed by atoms with E-state index in [1.54, 1.807) is 18.0 Å². The van der Waals surface area contributed by atoms with Crippen molar-refractivity contribution in [2.75, 3.05) is 0 Å². The first-order valence-electron chi connectivity index (χ1n) is 10.8. The Hall–Kier alpha value is -1.91. The standard InChI is InChI=1S/C27H24Cl3NOS/c1-2-31-24-11-9-18-12-19(8-10-21(18)24)25(32)15-26(33-16-17-6-4-3-5-7-17)20-13-22(28)27(30)23(29)14-20/h2-8,10,12-14,24,26,31H,1,9,11,15-16H2. The zero-order chi connectivity index (χ0) is 23.4. The second-order valence-corrected chi connectivity index (χ2v) is 10.5. The third-order valence-corrected chi connectivity index (χ3v) is 8.44. The highest BCUT2D eigenvalue weighted by molar-refractivity contribution is 7.98. The number of thioether (sulfide) groups is 1. The number of Topliss-reactive ketones (excluding diaryl/α,β-unsaturated/α-hetero) is 1. The van der Waals surface area contributed by atoms with Gasteiger partial charge in [0.25, 0.3) is 0 Å². The average molecular weight is 517 g/mol. The summed E-state index contributed by atoms with van der Waals surface area (Å²) in [5.41, 5.74) is 5.32. The zero-order valence-electron chi connectivity index (χ0n) is 18.0. The van der Waals surface area contributed by atoms with Gasteiger partial charge in [0.15, 0.2) is 5.78 Å². The molecule has 0 spiro atoms. The molecule has 0 saturated carbocycles. The number of fused-ring (bicyclic) bond motifs is 1. The largest absolute Gasteiger partial charge is 0.385 e. The summed E-state index contributed by atoms with van der Waals surface area (Å²) in [5, 5.41) is 4.32. The van der Waals surface area contributed by atoms with Gasteiger partial charge < -0.3 is 5.32 Å². The Labute approximate surface area is 214 Å². The quantitative estimate of drug-likeness (QED) is 0.228. The molecule has 0 amide bonds. The summed E-state index contributed by atoms with van der Waals surface area (Å²) in [6.45, 7) is 3.77. The molecule has 6 heteroatoms. The number of aryl methyl sites for hydroxylation is 1. The molecule has 1 N–H and O–H groups in total. The Morgan fingerprint density at radius 3 is 2.52 bits per heavy atom. The second kappa shape index (κ2) is 11.0. The summed E-state index contributed by atoms with van der Waals surface area (Å²) in [6.07, 6.45) is 4.04. The summed E-state index contributed by atoms with van der Waals surface area (Å²) < 4.78 is 0. The third-order valence-electron chi connectivity index (χ3n) is 5.90. The van der Waals surface area contributed by atoms with Gasteiger partial charge in [-0.15, -0.1) is 11.8 Å². The van der Waals surface area contributed by atoms with E-state index in [4.69, 9.17) is 34.8 Å². The maximum absolute atomic E-state index is 13.3. The zero-order valence-corrected chi connectivity index (χ0v) is 21.1. The molecule has 1 aliphatic carbocycles. The monoisotopic (exact) mass is 515 g/mol. The van der Waals surface area contributed by atoms with Crippen LogP contribution >= 0.6 is 46.6 Å². The van der Waals surface area contributed by atoms with E-state index in [1.165, 1.54) is 16.7 Å². The minimum absolute atomic E-state index is 0.102. The number of rotatable bonds is 9. The Morgan fingerprint density at radius 2 is 1.82 bits per heavy atom. The summed E-state index contributed by atoms with van der Waals surface area (Å²) in [4.78, 5) is 13.3. The van der Waals surface area contributed by atoms with Gasteiger partial charge in [0.2, 0.25) is 0 Å². The molecular weight excluding hydrogens is 493 g/mol. The Morgan fingerprint density at radius 1 is 1.09 bits per heavy atom. The molecular formula is C27H24Cl3NOS. The van der Waals surface area contributed by atoms with E-state index >= 15 is 0 Å². The van der Waals surface area contributed by atoms with Crippen molar-refractivity contribution in [1.29, 1.82) is 0 Å². The van der Waals surface area contributed by atoms with Gasteiger partial charge in [0.05, 0.1) is 21.1 Å². The molecule has 0 saturated heterocycles. The van der Waals surface area contributed by atoms with Gasteiger partial charge in [0.1, 0.15) is 0 Å². The summed E-state index contributed by atoms with van der Waals surface area (Å²) in [7, 11) is 0. The lowest BCUT2D eigenvalue weighted by molar-refractivity contribution is 0.0982. The van der Waals surface area contributed by atoms with Crippen LogP contribution in [0.4, 0.5) is 0 Å². The van der Waals surface area contributed by atoms with Crippen LogP contribution in [-0.4, -0.2) is 5.78 Å². The van der Waals surface area contributed by atoms with Crippen molar-refractivity contribution in [2.45, 2.75) is 36.3 Å². The third kappa shape index (κ3) is 5.78. The highest BCUT2D eigenvalue weighted by Gasteiger charge is 2.24. The number of hydrogen-bond donors (Lipinski definition) is 1. The van der Waals surface area contributed by atoms with E-state index in [1.807, 2.05) is 42.5 Å². The Balaban J connectivity index is 1.57. The van der Waals surface area contributed by atoms with E-state index in [0.29, 0.717) is 21.5 Å². The van der Waals surface area contributed by atoms with Gasteiger partial charge >= 0.3 is 0 Å². The molecule has 1 aliphatic rings. The molecule has 170 valence electrons. The fourth-order valence-electron chi connectivity index (χ4n) is 4.20. The van der Waals surface area contributed by atoms with Crippen LogP contribution in [0.5, 0.6) is 0 Å². The van der Waals surface area contributed by atoms with Gasteiger partial charge in [0, 0.05) is 23.0 Å². The van der Waals surface area contributed by atoms with Crippen molar-refractivity contribution in [3.05, 3.63) is 116 Å². The van der Waals surface area contributed by atoms with Crippen molar-refractivity contribution in [3.63, 3.8) is 0 Å². The molecule has 3 aromatic carbocycles. The average Bonchev–Trinajstić information content (AvgIpc) is 3.22. The molecule has 4 rings (SSSR count). The van der Waals surface area contributed by atoms with Crippen molar-refractivity contribution < 1.29 is 4.79 Å². The predicted molar refractivity (Wildman–Crippen MR) is 142 cm³/mol. The molecule has 0 radical (unpaired) electrons. The number of benzene rings is 3. The predicted octanol–water partition coefficient (Wildman–Crippen LogP) is 8.61. The highest BCUT2D eigenvalue weighted by atomic mass is 35.5. The van der Waals surface area contributed by atoms with Crippen molar-refractivity contribution in [2.24, 2.45) is 0 Å². The van der Waals surface area contributed by atoms with E-state index in [9.17, 15) is 4.79 Å². The molecule has 0 aliphatic heterocycles. The smallest absolute Gasteiger partial charge is 0.164 e. The second-order valence-electron chi connectivity index (χ2n) is 8.09. The van der Waals surface area contributed by atoms with Crippen LogP contribution in [0.15, 0.2) is 73.4 Å². The van der Waals surface area contributed by atoms with E-state index in [0.717, 1.165) is 29.7 Å². The SMILES string of the molecule is C=CNC1CCc2cc(C(=O)CC(SCc3ccccc3)c3cc(Cl)c(Cl)c(Cl)c3)ccc21. The molecule has 0 heterocycles. The number of halogens is 3. The van der Waals surface area contributed by atoms with Crippen LogP contribution in [0.1, 0.15) is 56.7 Å². The lowest BCUT2D eigenvalue weighted by Gasteiger charge is -2.18. The summed E-state index contributed by atoms with van der Waals surface area (Å²) in [5.74, 6) is 0.876. The van der Waals surface area contributed by atoms with Crippen LogP contribution in [0, 0.1) is 0 Å². The fourth-order valence-corrected chi connectivity index (χ4v) is 5.99. The Bertz CT molecular complexity index is 1140. The fraction of sp³-hybridized carbons (Fsp3) is 0.222. The first-order valence-corrected chi connectivity index (χ1v) is 13.0. The van der Waals surface area contributed by atoms with Crippen LogP contribution in [0.3, 0.4) is 0 Å². The molecule has 3 aromatic rings. The molecule has 2 atom stereocenters. The van der Waals surface area contributed by atoms with Crippen LogP contribution in [0.2, 0.25) is 15.1 Å². The normalized spacial score (nSPS) is 15.7. The first kappa shape index (κ1) is 24.2. The van der Waals surface area contributed by atoms with E-state index in [2.05, 4.69) is 30.1 Å². The van der Waals surface area contributed by atoms with Gasteiger partial charge in [-0.2, -0.15) is 0 Å². The van der Waals surface area contributed by atoms with Crippen LogP contribution < -0.4 is 5.32 Å². The maximum atomic E-state index is 13.3. The van der Waals surface area contributed by atoms with Crippen molar-refractivity contribution in [3.8, 4) is 0 Å². The molecule has 0 aromatic heterocycles. The summed E-state index contributed by atoms with van der Waals surface area (Å²) in [6, 6.07) is 20.2. The van der Waals surface area contributed by atoms with Crippen molar-refractivity contribution in [1.82, 2.24) is 5.32 Å². The highest BCUT2D eigenvalue weighted by Crippen LogP contribution is 2.41. The Kier molecular flexibility index (Phi) is 8.08. The number of hydrogen-bond acceptors (Lipinski definition) is 3. The first-order chi connectivity index (χ1) is 16.0. The molecule has 0 bridgehead atoms. The molecule has 0 fully saturated rings. The minimum Gasteiger partial charge on any atom is -0.385 e. The summed E-state index contributed by atoms with van der Waals surface area (Å²) >= 11 is 20.5. The topological polar surface area (TPSA) is 29.1 Å². The van der Waals surface area contributed by atoms with Gasteiger partial charge in [-0.25, -0.2) is 0 Å². The number of carbonyl (C=O) groups is 1. The molecule has 2 nitrogen and oxygen atoms in total. The number of carbonyl (C=O) groups excluding carboxylic acids is 1. The molecule has 2 unspecified atom stereocenters. The van der Waals surface area contributed by atoms with E-state index < -0.39 is 0 Å². The maximum Gasteiger partial charge on any atom is 0.164 e. The molecule has 33 heavy (non-hydrogen) atoms. The lowest BCUT2D eigenvalue weighted by Crippen LogP contribution is -2.12. The van der Waals surface area contributed by atoms with E-state index in [-0.39, 0.29) is 17.1 Å². The number of nitrogens with one attached hydrogen (secondary N) is 1.